The Kier molecular flexibility index (Phi) is 7.53. The molecular formula is C18H25N3O6S. The molecule has 0 unspecified atom stereocenters. The number of imide groups is 1. The number of amides is 3. The molecule has 28 heavy (non-hydrogen) atoms. The molecule has 0 heterocycles. The van der Waals surface area contributed by atoms with Crippen LogP contribution in [0.5, 0.6) is 0 Å². The summed E-state index contributed by atoms with van der Waals surface area (Å²) >= 11 is 0. The first-order valence-corrected chi connectivity index (χ1v) is 10.5. The third-order valence-corrected chi connectivity index (χ3v) is 5.47. The van der Waals surface area contributed by atoms with Crippen LogP contribution < -0.4 is 15.4 Å². The van der Waals surface area contributed by atoms with Crippen molar-refractivity contribution in [1.29, 1.82) is 0 Å². The number of rotatable bonds is 7. The fourth-order valence-electron chi connectivity index (χ4n) is 2.77. The molecule has 1 aliphatic rings. The van der Waals surface area contributed by atoms with E-state index in [1.807, 2.05) is 5.32 Å². The Balaban J connectivity index is 1.81. The maximum atomic E-state index is 12.4. The molecule has 9 nitrogen and oxygen atoms in total. The van der Waals surface area contributed by atoms with Crippen LogP contribution in [-0.4, -0.2) is 45.5 Å². The van der Waals surface area contributed by atoms with Crippen molar-refractivity contribution < 1.29 is 27.5 Å². The lowest BCUT2D eigenvalue weighted by molar-refractivity contribution is -0.147. The second-order valence-electron chi connectivity index (χ2n) is 6.80. The number of carbonyl (C=O) groups is 3. The van der Waals surface area contributed by atoms with Crippen molar-refractivity contribution in [3.05, 3.63) is 29.3 Å². The second-order valence-corrected chi connectivity index (χ2v) is 8.57. The number of fused-ring (bicyclic) bond motifs is 1. The molecule has 1 aliphatic carbocycles. The largest absolute Gasteiger partial charge is 0.455 e. The molecule has 1 aromatic carbocycles. The summed E-state index contributed by atoms with van der Waals surface area (Å²) in [6.07, 6.45) is 3.89. The van der Waals surface area contributed by atoms with Crippen LogP contribution in [0.4, 0.5) is 4.79 Å². The molecule has 0 saturated carbocycles. The summed E-state index contributed by atoms with van der Waals surface area (Å²) in [4.78, 5) is 34.6. The molecule has 0 fully saturated rings. The van der Waals surface area contributed by atoms with Gasteiger partial charge in [-0.1, -0.05) is 6.07 Å². The van der Waals surface area contributed by atoms with Gasteiger partial charge in [-0.05, 0) is 62.8 Å². The molecule has 0 radical (unpaired) electrons. The first kappa shape index (κ1) is 21.8. The van der Waals surface area contributed by atoms with Crippen LogP contribution >= 0.6 is 0 Å². The molecule has 10 heteroatoms. The minimum atomic E-state index is -3.88. The first-order chi connectivity index (χ1) is 13.2. The maximum absolute atomic E-state index is 12.4. The van der Waals surface area contributed by atoms with E-state index in [1.54, 1.807) is 26.0 Å². The van der Waals surface area contributed by atoms with E-state index in [2.05, 4.69) is 14.8 Å². The number of benzene rings is 1. The Morgan fingerprint density at radius 2 is 1.79 bits per heavy atom. The molecule has 0 aromatic heterocycles. The summed E-state index contributed by atoms with van der Waals surface area (Å²) in [6, 6.07) is 4.08. The average Bonchev–Trinajstić information content (AvgIpc) is 2.63. The van der Waals surface area contributed by atoms with Crippen molar-refractivity contribution in [2.45, 2.75) is 50.5 Å². The third-order valence-electron chi connectivity index (χ3n) is 4.07. The summed E-state index contributed by atoms with van der Waals surface area (Å²) in [7, 11) is -3.88. The van der Waals surface area contributed by atoms with Crippen molar-refractivity contribution in [3.8, 4) is 0 Å². The summed E-state index contributed by atoms with van der Waals surface area (Å²) in [6.45, 7) is 2.13. The van der Waals surface area contributed by atoms with Gasteiger partial charge in [0, 0.05) is 6.04 Å². The lowest BCUT2D eigenvalue weighted by atomic mass is 9.92. The smallest absolute Gasteiger partial charge is 0.321 e. The van der Waals surface area contributed by atoms with Crippen LogP contribution in [0.15, 0.2) is 23.1 Å². The second kappa shape index (κ2) is 9.65. The fraction of sp³-hybridized carbons (Fsp3) is 0.500. The number of hydrogen-bond acceptors (Lipinski definition) is 6. The predicted octanol–water partition coefficient (Wildman–Crippen LogP) is 0.621. The Bertz CT molecular complexity index is 851. The van der Waals surface area contributed by atoms with E-state index in [0.717, 1.165) is 36.8 Å². The topological polar surface area (TPSA) is 131 Å². The standard InChI is InChI=1S/C18H25N3O6S/c1-12(2)20-18(24)21-16(22)11-27-17(23)10-19-28(25,26)15-8-7-13-5-3-4-6-14(13)9-15/h7-9,12,19H,3-6,10-11H2,1-2H3,(H2,20,21,22,24). The van der Waals surface area contributed by atoms with Crippen LogP contribution in [0.1, 0.15) is 37.8 Å². The van der Waals surface area contributed by atoms with Crippen LogP contribution in [-0.2, 0) is 37.2 Å². The molecule has 0 bridgehead atoms. The zero-order valence-corrected chi connectivity index (χ0v) is 16.7. The van der Waals surface area contributed by atoms with Crippen molar-refractivity contribution in [2.75, 3.05) is 13.2 Å². The summed E-state index contributed by atoms with van der Waals surface area (Å²) in [5.41, 5.74) is 2.16. The highest BCUT2D eigenvalue weighted by Gasteiger charge is 2.19. The van der Waals surface area contributed by atoms with Crippen LogP contribution in [0.3, 0.4) is 0 Å². The number of urea groups is 1. The molecular weight excluding hydrogens is 386 g/mol. The highest BCUT2D eigenvalue weighted by atomic mass is 32.2. The number of nitrogens with one attached hydrogen (secondary N) is 3. The summed E-state index contributed by atoms with van der Waals surface area (Å²) < 4.78 is 31.5. The Labute approximate surface area is 164 Å². The van der Waals surface area contributed by atoms with E-state index in [-0.39, 0.29) is 10.9 Å². The van der Waals surface area contributed by atoms with Gasteiger partial charge >= 0.3 is 12.0 Å². The third kappa shape index (κ3) is 6.61. The lowest BCUT2D eigenvalue weighted by Crippen LogP contribution is -2.44. The summed E-state index contributed by atoms with van der Waals surface area (Å²) in [5, 5.41) is 4.43. The fourth-order valence-corrected chi connectivity index (χ4v) is 3.79. The number of sulfonamides is 1. The maximum Gasteiger partial charge on any atom is 0.321 e. The van der Waals surface area contributed by atoms with Gasteiger partial charge in [-0.2, -0.15) is 4.72 Å². The zero-order valence-electron chi connectivity index (χ0n) is 15.9. The number of hydrogen-bond donors (Lipinski definition) is 3. The van der Waals surface area contributed by atoms with Gasteiger partial charge in [-0.3, -0.25) is 14.9 Å². The van der Waals surface area contributed by atoms with Crippen molar-refractivity contribution in [1.82, 2.24) is 15.4 Å². The van der Waals surface area contributed by atoms with Gasteiger partial charge in [0.2, 0.25) is 10.0 Å². The normalized spacial score (nSPS) is 13.5. The minimum absolute atomic E-state index is 0.0871. The predicted molar refractivity (Wildman–Crippen MR) is 101 cm³/mol. The Morgan fingerprint density at radius 1 is 1.11 bits per heavy atom. The molecule has 2 rings (SSSR count). The number of ether oxygens (including phenoxy) is 1. The first-order valence-electron chi connectivity index (χ1n) is 9.05. The van der Waals surface area contributed by atoms with E-state index in [1.165, 1.54) is 6.07 Å². The SMILES string of the molecule is CC(C)NC(=O)NC(=O)COC(=O)CNS(=O)(=O)c1ccc2c(c1)CCCC2. The highest BCUT2D eigenvalue weighted by molar-refractivity contribution is 7.89. The van der Waals surface area contributed by atoms with Gasteiger partial charge in [0.25, 0.3) is 5.91 Å². The van der Waals surface area contributed by atoms with Gasteiger partial charge in [0.05, 0.1) is 4.90 Å². The van der Waals surface area contributed by atoms with Crippen molar-refractivity contribution in [3.63, 3.8) is 0 Å². The minimum Gasteiger partial charge on any atom is -0.455 e. The van der Waals surface area contributed by atoms with Gasteiger partial charge in [0.15, 0.2) is 6.61 Å². The van der Waals surface area contributed by atoms with E-state index in [4.69, 9.17) is 0 Å². The van der Waals surface area contributed by atoms with E-state index in [9.17, 15) is 22.8 Å². The van der Waals surface area contributed by atoms with Crippen LogP contribution in [0.25, 0.3) is 0 Å². The molecule has 0 spiro atoms. The lowest BCUT2D eigenvalue weighted by Gasteiger charge is -2.16. The van der Waals surface area contributed by atoms with Gasteiger partial charge in [0.1, 0.15) is 6.54 Å². The molecule has 154 valence electrons. The molecule has 1 aromatic rings. The number of carbonyl (C=O) groups excluding carboxylic acids is 3. The van der Waals surface area contributed by atoms with Gasteiger partial charge in [-0.25, -0.2) is 13.2 Å². The quantitative estimate of drug-likeness (QED) is 0.564. The highest BCUT2D eigenvalue weighted by Crippen LogP contribution is 2.23. The van der Waals surface area contributed by atoms with Gasteiger partial charge in [-0.15, -0.1) is 0 Å². The zero-order chi connectivity index (χ0) is 20.7. The van der Waals surface area contributed by atoms with Crippen LogP contribution in [0.2, 0.25) is 0 Å². The van der Waals surface area contributed by atoms with Crippen molar-refractivity contribution >= 4 is 27.9 Å². The number of esters is 1. The molecule has 0 saturated heterocycles. The van der Waals surface area contributed by atoms with Crippen LogP contribution in [0, 0.1) is 0 Å². The Morgan fingerprint density at radius 3 is 2.46 bits per heavy atom. The molecule has 3 N–H and O–H groups in total. The molecule has 0 aliphatic heterocycles. The molecule has 0 atom stereocenters. The van der Waals surface area contributed by atoms with E-state index in [0.29, 0.717) is 0 Å². The van der Waals surface area contributed by atoms with E-state index < -0.39 is 41.1 Å². The summed E-state index contributed by atoms with van der Waals surface area (Å²) in [5.74, 6) is -1.75. The molecule has 3 amide bonds. The van der Waals surface area contributed by atoms with Gasteiger partial charge < -0.3 is 10.1 Å². The monoisotopic (exact) mass is 411 g/mol. The average molecular weight is 411 g/mol. The Hall–Kier alpha value is -2.46. The van der Waals surface area contributed by atoms with E-state index >= 15 is 0 Å². The van der Waals surface area contributed by atoms with Crippen molar-refractivity contribution in [2.24, 2.45) is 0 Å². The number of aryl methyl sites for hydroxylation is 2.